The Morgan fingerprint density at radius 3 is 2.54 bits per heavy atom. The molecule has 0 unspecified atom stereocenters. The molecule has 0 fully saturated rings. The Bertz CT molecular complexity index is 728. The van der Waals surface area contributed by atoms with Gasteiger partial charge in [0, 0.05) is 6.08 Å². The van der Waals surface area contributed by atoms with Crippen LogP contribution >= 0.6 is 0 Å². The summed E-state index contributed by atoms with van der Waals surface area (Å²) in [7, 11) is -1.85. The third kappa shape index (κ3) is 5.35. The lowest BCUT2D eigenvalue weighted by atomic mass is 9.75. The van der Waals surface area contributed by atoms with Crippen LogP contribution in [0.3, 0.4) is 0 Å². The van der Waals surface area contributed by atoms with Crippen molar-refractivity contribution in [2.75, 3.05) is 6.61 Å². The zero-order valence-corrected chi connectivity index (χ0v) is 20.0. The summed E-state index contributed by atoms with van der Waals surface area (Å²) in [5.74, 6) is 0.889. The molecule has 4 heteroatoms. The van der Waals surface area contributed by atoms with E-state index in [0.717, 1.165) is 12.0 Å². The minimum absolute atomic E-state index is 0.171. The van der Waals surface area contributed by atoms with Crippen molar-refractivity contribution in [1.82, 2.24) is 0 Å². The van der Waals surface area contributed by atoms with Gasteiger partial charge in [0.25, 0.3) is 0 Å². The Balaban J connectivity index is 2.42. The maximum Gasteiger partial charge on any atom is 0.330 e. The lowest BCUT2D eigenvalue weighted by molar-refractivity contribution is -0.137. The summed E-state index contributed by atoms with van der Waals surface area (Å²) < 4.78 is 11.6. The highest BCUT2D eigenvalue weighted by Gasteiger charge is 2.37. The van der Waals surface area contributed by atoms with Crippen LogP contribution in [0, 0.1) is 5.92 Å². The van der Waals surface area contributed by atoms with Crippen LogP contribution in [0.25, 0.3) is 6.08 Å². The number of ether oxygens (including phenoxy) is 1. The fraction of sp³-hybridized carbons (Fsp3) is 0.625. The molecule has 0 aromatic heterocycles. The first-order valence-electron chi connectivity index (χ1n) is 10.6. The fourth-order valence-corrected chi connectivity index (χ4v) is 4.76. The molecule has 0 heterocycles. The molecule has 1 aromatic rings. The van der Waals surface area contributed by atoms with Gasteiger partial charge in [-0.3, -0.25) is 0 Å². The van der Waals surface area contributed by atoms with Crippen molar-refractivity contribution in [2.45, 2.75) is 85.0 Å². The van der Waals surface area contributed by atoms with Gasteiger partial charge >= 0.3 is 5.97 Å². The number of carbonyl (C=O) groups excluding carboxylic acids is 1. The number of hydrogen-bond acceptors (Lipinski definition) is 3. The normalized spacial score (nSPS) is 20.3. The molecule has 0 N–H and O–H groups in total. The number of benzene rings is 1. The van der Waals surface area contributed by atoms with Crippen LogP contribution in [0.5, 0.6) is 0 Å². The van der Waals surface area contributed by atoms with Crippen LogP contribution in [-0.4, -0.2) is 20.9 Å². The number of rotatable bonds is 6. The van der Waals surface area contributed by atoms with E-state index in [1.54, 1.807) is 6.08 Å². The molecular formula is C24H38O3Si. The molecular weight excluding hydrogens is 364 g/mol. The topological polar surface area (TPSA) is 35.5 Å². The summed E-state index contributed by atoms with van der Waals surface area (Å²) in [6.45, 7) is 18.8. The lowest BCUT2D eigenvalue weighted by Gasteiger charge is -2.37. The van der Waals surface area contributed by atoms with Crippen molar-refractivity contribution in [3.63, 3.8) is 0 Å². The number of carbonyl (C=O) groups is 1. The minimum atomic E-state index is -1.85. The van der Waals surface area contributed by atoms with Crippen molar-refractivity contribution in [1.29, 1.82) is 0 Å². The summed E-state index contributed by atoms with van der Waals surface area (Å²) in [6, 6.07) is 4.47. The molecule has 0 bridgehead atoms. The van der Waals surface area contributed by atoms with E-state index < -0.39 is 8.32 Å². The zero-order chi connectivity index (χ0) is 21.1. The first kappa shape index (κ1) is 22.9. The van der Waals surface area contributed by atoms with Gasteiger partial charge in [0.15, 0.2) is 8.32 Å². The summed E-state index contributed by atoms with van der Waals surface area (Å²) in [6.07, 6.45) is 5.80. The van der Waals surface area contributed by atoms with E-state index in [1.807, 2.05) is 13.0 Å². The van der Waals surface area contributed by atoms with Crippen molar-refractivity contribution < 1.29 is 14.0 Å². The van der Waals surface area contributed by atoms with E-state index in [-0.39, 0.29) is 11.0 Å². The summed E-state index contributed by atoms with van der Waals surface area (Å²) in [5.41, 5.74) is 5.12. The van der Waals surface area contributed by atoms with E-state index in [1.165, 1.54) is 23.1 Å². The van der Waals surface area contributed by atoms with Gasteiger partial charge in [-0.15, -0.1) is 0 Å². The Morgan fingerprint density at radius 2 is 1.93 bits per heavy atom. The second kappa shape index (κ2) is 8.96. The Labute approximate surface area is 172 Å². The van der Waals surface area contributed by atoms with Crippen molar-refractivity contribution >= 4 is 20.4 Å². The average molecular weight is 403 g/mol. The molecule has 3 nitrogen and oxygen atoms in total. The highest BCUT2D eigenvalue weighted by atomic mass is 28.4. The molecule has 28 heavy (non-hydrogen) atoms. The fourth-order valence-electron chi connectivity index (χ4n) is 3.81. The maximum absolute atomic E-state index is 11.9. The van der Waals surface area contributed by atoms with Crippen LogP contribution in [0.15, 0.2) is 18.2 Å². The second-order valence-electron chi connectivity index (χ2n) is 9.79. The molecule has 0 saturated heterocycles. The average Bonchev–Trinajstić information content (AvgIpc) is 2.57. The number of esters is 1. The van der Waals surface area contributed by atoms with Gasteiger partial charge in [0.05, 0.1) is 13.2 Å². The van der Waals surface area contributed by atoms with Gasteiger partial charge < -0.3 is 9.16 Å². The second-order valence-corrected chi connectivity index (χ2v) is 14.6. The van der Waals surface area contributed by atoms with Crippen LogP contribution < -0.4 is 0 Å². The Hall–Kier alpha value is -1.39. The number of fused-ring (bicyclic) bond motifs is 1. The molecule has 0 spiro atoms. The molecule has 0 amide bonds. The predicted octanol–water partition coefficient (Wildman–Crippen LogP) is 6.47. The van der Waals surface area contributed by atoms with E-state index in [4.69, 9.17) is 9.16 Å². The zero-order valence-electron chi connectivity index (χ0n) is 19.0. The van der Waals surface area contributed by atoms with Crippen molar-refractivity contribution in [2.24, 2.45) is 5.92 Å². The van der Waals surface area contributed by atoms with Crippen LogP contribution in [0.1, 0.15) is 76.1 Å². The predicted molar refractivity (Wildman–Crippen MR) is 120 cm³/mol. The molecule has 1 aromatic carbocycles. The smallest absolute Gasteiger partial charge is 0.330 e. The highest BCUT2D eigenvalue weighted by Crippen LogP contribution is 2.40. The largest absolute Gasteiger partial charge is 0.463 e. The van der Waals surface area contributed by atoms with Crippen LogP contribution in [-0.2, 0) is 27.0 Å². The standard InChI is InChI=1S/C24H38O3Si/c1-9-26-22(25)13-12-21-20(16-27-28(7,8)24(4,5)6)11-10-19-15-17(2)14-18(3)23(19)21/h10-13,17-18H,9,14-16H2,1-8H3/b13-12+/t17-,18+/m0/s1. The first-order valence-corrected chi connectivity index (χ1v) is 13.5. The summed E-state index contributed by atoms with van der Waals surface area (Å²) in [5, 5.41) is 0.171. The molecule has 0 saturated carbocycles. The minimum Gasteiger partial charge on any atom is -0.463 e. The van der Waals surface area contributed by atoms with Gasteiger partial charge in [-0.25, -0.2) is 4.79 Å². The summed E-state index contributed by atoms with van der Waals surface area (Å²) in [4.78, 5) is 11.9. The quantitative estimate of drug-likeness (QED) is 0.311. The SMILES string of the molecule is CCOC(=O)/C=C/c1c(CO[Si](C)(C)C(C)(C)C)ccc2c1[C@H](C)C[C@H](C)C2. The van der Waals surface area contributed by atoms with Gasteiger partial charge in [0.1, 0.15) is 0 Å². The molecule has 156 valence electrons. The van der Waals surface area contributed by atoms with E-state index in [0.29, 0.717) is 25.0 Å². The maximum atomic E-state index is 11.9. The molecule has 2 atom stereocenters. The van der Waals surface area contributed by atoms with Gasteiger partial charge in [-0.2, -0.15) is 0 Å². The highest BCUT2D eigenvalue weighted by molar-refractivity contribution is 6.74. The number of hydrogen-bond donors (Lipinski definition) is 0. The monoisotopic (exact) mass is 402 g/mol. The van der Waals surface area contributed by atoms with E-state index in [2.05, 4.69) is 59.8 Å². The molecule has 1 aliphatic rings. The van der Waals surface area contributed by atoms with E-state index >= 15 is 0 Å². The summed E-state index contributed by atoms with van der Waals surface area (Å²) >= 11 is 0. The van der Waals surface area contributed by atoms with Gasteiger partial charge in [-0.05, 0) is 78.1 Å². The Morgan fingerprint density at radius 1 is 1.25 bits per heavy atom. The van der Waals surface area contributed by atoms with Crippen molar-refractivity contribution in [3.05, 3.63) is 40.5 Å². The molecule has 0 aliphatic heterocycles. The third-order valence-corrected chi connectivity index (χ3v) is 10.8. The van der Waals surface area contributed by atoms with Gasteiger partial charge in [-0.1, -0.05) is 46.8 Å². The Kier molecular flexibility index (Phi) is 7.32. The molecule has 2 rings (SSSR count). The van der Waals surface area contributed by atoms with Crippen LogP contribution in [0.4, 0.5) is 0 Å². The van der Waals surface area contributed by atoms with Crippen LogP contribution in [0.2, 0.25) is 18.1 Å². The van der Waals surface area contributed by atoms with Gasteiger partial charge in [0.2, 0.25) is 0 Å². The lowest BCUT2D eigenvalue weighted by Crippen LogP contribution is -2.40. The molecule has 0 radical (unpaired) electrons. The van der Waals surface area contributed by atoms with Crippen molar-refractivity contribution in [3.8, 4) is 0 Å². The third-order valence-electron chi connectivity index (χ3n) is 6.35. The first-order chi connectivity index (χ1) is 13.0. The molecule has 1 aliphatic carbocycles. The van der Waals surface area contributed by atoms with E-state index in [9.17, 15) is 4.79 Å².